The van der Waals surface area contributed by atoms with Gasteiger partial charge in [-0.1, -0.05) is 31.9 Å². The molecule has 0 bridgehead atoms. The monoisotopic (exact) mass is 206 g/mol. The van der Waals surface area contributed by atoms with Gasteiger partial charge in [0, 0.05) is 13.1 Å². The van der Waals surface area contributed by atoms with Gasteiger partial charge >= 0.3 is 0 Å². The van der Waals surface area contributed by atoms with Crippen LogP contribution in [0.4, 0.5) is 11.4 Å². The average Bonchev–Trinajstić information content (AvgIpc) is 2.26. The Morgan fingerprint density at radius 1 is 1.13 bits per heavy atom. The predicted molar refractivity (Wildman–Crippen MR) is 68.3 cm³/mol. The number of hydrogen-bond donors (Lipinski definition) is 1. The Hall–Kier alpha value is -1.18. The van der Waals surface area contributed by atoms with Crippen molar-refractivity contribution < 1.29 is 0 Å². The minimum Gasteiger partial charge on any atom is -0.397 e. The molecule has 1 aromatic carbocycles. The maximum absolute atomic E-state index is 5.96. The fraction of sp³-hybridized carbons (Fsp3) is 0.538. The zero-order valence-electron chi connectivity index (χ0n) is 9.87. The molecule has 0 fully saturated rings. The lowest BCUT2D eigenvalue weighted by Gasteiger charge is -2.24. The number of rotatable bonds is 6. The van der Waals surface area contributed by atoms with Crippen molar-refractivity contribution in [3.05, 3.63) is 24.3 Å². The van der Waals surface area contributed by atoms with Crippen LogP contribution in [0.3, 0.4) is 0 Å². The third-order valence-electron chi connectivity index (χ3n) is 2.69. The summed E-state index contributed by atoms with van der Waals surface area (Å²) in [7, 11) is 0. The highest BCUT2D eigenvalue weighted by atomic mass is 15.1. The summed E-state index contributed by atoms with van der Waals surface area (Å²) in [6, 6.07) is 8.11. The van der Waals surface area contributed by atoms with E-state index in [1.54, 1.807) is 0 Å². The van der Waals surface area contributed by atoms with Crippen LogP contribution < -0.4 is 10.6 Å². The molecule has 15 heavy (non-hydrogen) atoms. The molecule has 0 radical (unpaired) electrons. The van der Waals surface area contributed by atoms with Crippen molar-refractivity contribution in [2.24, 2.45) is 0 Å². The molecule has 0 aliphatic heterocycles. The molecule has 0 saturated carbocycles. The van der Waals surface area contributed by atoms with Gasteiger partial charge in [-0.15, -0.1) is 0 Å². The van der Waals surface area contributed by atoms with Gasteiger partial charge in [0.25, 0.3) is 0 Å². The number of benzene rings is 1. The average molecular weight is 206 g/mol. The Kier molecular flexibility index (Phi) is 5.02. The van der Waals surface area contributed by atoms with Gasteiger partial charge in [-0.2, -0.15) is 0 Å². The number of nitrogens with zero attached hydrogens (tertiary/aromatic N) is 1. The molecule has 84 valence electrons. The standard InChI is InChI=1S/C13H22N2/c1-3-5-8-11-15(4-2)13-10-7-6-9-12(13)14/h6-7,9-10H,3-5,8,11,14H2,1-2H3. The van der Waals surface area contributed by atoms with E-state index in [1.807, 2.05) is 18.2 Å². The van der Waals surface area contributed by atoms with E-state index in [4.69, 9.17) is 5.73 Å². The first-order chi connectivity index (χ1) is 7.29. The molecule has 0 spiro atoms. The molecular weight excluding hydrogens is 184 g/mol. The number of nitrogen functional groups attached to an aromatic ring is 1. The lowest BCUT2D eigenvalue weighted by molar-refractivity contribution is 0.685. The summed E-state index contributed by atoms with van der Waals surface area (Å²) < 4.78 is 0. The second kappa shape index (κ2) is 6.33. The van der Waals surface area contributed by atoms with Crippen molar-refractivity contribution in [2.45, 2.75) is 33.1 Å². The van der Waals surface area contributed by atoms with Gasteiger partial charge in [-0.25, -0.2) is 0 Å². The maximum Gasteiger partial charge on any atom is 0.0599 e. The molecule has 0 atom stereocenters. The molecule has 0 aromatic heterocycles. The minimum atomic E-state index is 0.885. The lowest BCUT2D eigenvalue weighted by Crippen LogP contribution is -2.24. The molecule has 0 aliphatic rings. The second-order valence-electron chi connectivity index (χ2n) is 3.85. The van der Waals surface area contributed by atoms with Crippen LogP contribution in [0, 0.1) is 0 Å². The number of para-hydroxylation sites is 2. The molecule has 1 aromatic rings. The van der Waals surface area contributed by atoms with Gasteiger partial charge in [-0.3, -0.25) is 0 Å². The van der Waals surface area contributed by atoms with E-state index in [0.29, 0.717) is 0 Å². The van der Waals surface area contributed by atoms with Crippen molar-refractivity contribution >= 4 is 11.4 Å². The molecule has 2 N–H and O–H groups in total. The molecule has 2 heteroatoms. The Morgan fingerprint density at radius 2 is 1.87 bits per heavy atom. The van der Waals surface area contributed by atoms with E-state index in [1.165, 1.54) is 24.9 Å². The Bertz CT molecular complexity index is 284. The molecule has 0 unspecified atom stereocenters. The summed E-state index contributed by atoms with van der Waals surface area (Å²) in [5.41, 5.74) is 8.02. The van der Waals surface area contributed by atoms with Gasteiger partial charge in [-0.05, 0) is 25.5 Å². The van der Waals surface area contributed by atoms with Crippen LogP contribution in [-0.2, 0) is 0 Å². The van der Waals surface area contributed by atoms with E-state index >= 15 is 0 Å². The quantitative estimate of drug-likeness (QED) is 0.571. The highest BCUT2D eigenvalue weighted by Gasteiger charge is 2.05. The van der Waals surface area contributed by atoms with E-state index in [9.17, 15) is 0 Å². The summed E-state index contributed by atoms with van der Waals surface area (Å²) in [5.74, 6) is 0. The van der Waals surface area contributed by atoms with Crippen LogP contribution in [0.1, 0.15) is 33.1 Å². The first-order valence-electron chi connectivity index (χ1n) is 5.89. The molecule has 0 saturated heterocycles. The van der Waals surface area contributed by atoms with Crippen LogP contribution in [0.5, 0.6) is 0 Å². The van der Waals surface area contributed by atoms with E-state index in [0.717, 1.165) is 18.8 Å². The van der Waals surface area contributed by atoms with Gasteiger partial charge in [0.05, 0.1) is 11.4 Å². The first-order valence-corrected chi connectivity index (χ1v) is 5.89. The number of unbranched alkanes of at least 4 members (excludes halogenated alkanes) is 2. The topological polar surface area (TPSA) is 29.3 Å². The molecule has 1 rings (SSSR count). The molecular formula is C13H22N2. The fourth-order valence-corrected chi connectivity index (χ4v) is 1.78. The van der Waals surface area contributed by atoms with Crippen molar-refractivity contribution in [1.29, 1.82) is 0 Å². The Balaban J connectivity index is 2.61. The van der Waals surface area contributed by atoms with Gasteiger partial charge in [0.2, 0.25) is 0 Å². The Labute approximate surface area is 93.1 Å². The lowest BCUT2D eigenvalue weighted by atomic mass is 10.2. The SMILES string of the molecule is CCCCCN(CC)c1ccccc1N. The summed E-state index contributed by atoms with van der Waals surface area (Å²) in [4.78, 5) is 2.35. The van der Waals surface area contributed by atoms with Crippen LogP contribution in [0.15, 0.2) is 24.3 Å². The van der Waals surface area contributed by atoms with Crippen molar-refractivity contribution in [1.82, 2.24) is 0 Å². The van der Waals surface area contributed by atoms with Crippen LogP contribution in [0.2, 0.25) is 0 Å². The van der Waals surface area contributed by atoms with E-state index in [-0.39, 0.29) is 0 Å². The van der Waals surface area contributed by atoms with Crippen molar-refractivity contribution in [3.8, 4) is 0 Å². The third-order valence-corrected chi connectivity index (χ3v) is 2.69. The normalized spacial score (nSPS) is 10.3. The zero-order valence-corrected chi connectivity index (χ0v) is 9.87. The van der Waals surface area contributed by atoms with E-state index in [2.05, 4.69) is 24.8 Å². The highest BCUT2D eigenvalue weighted by Crippen LogP contribution is 2.22. The third kappa shape index (κ3) is 3.46. The summed E-state index contributed by atoms with van der Waals surface area (Å²) in [6.45, 7) is 6.54. The number of hydrogen-bond acceptors (Lipinski definition) is 2. The summed E-state index contributed by atoms with van der Waals surface area (Å²) in [6.07, 6.45) is 3.81. The number of nitrogens with two attached hydrogens (primary N) is 1. The number of anilines is 2. The fourth-order valence-electron chi connectivity index (χ4n) is 1.78. The summed E-state index contributed by atoms with van der Waals surface area (Å²) in [5, 5.41) is 0. The van der Waals surface area contributed by atoms with Gasteiger partial charge in [0.15, 0.2) is 0 Å². The van der Waals surface area contributed by atoms with Crippen molar-refractivity contribution in [2.75, 3.05) is 23.7 Å². The summed E-state index contributed by atoms with van der Waals surface area (Å²) >= 11 is 0. The molecule has 0 aliphatic carbocycles. The zero-order chi connectivity index (χ0) is 11.1. The van der Waals surface area contributed by atoms with E-state index < -0.39 is 0 Å². The van der Waals surface area contributed by atoms with Crippen LogP contribution in [0.25, 0.3) is 0 Å². The highest BCUT2D eigenvalue weighted by molar-refractivity contribution is 5.67. The molecule has 0 heterocycles. The maximum atomic E-state index is 5.96. The first kappa shape index (κ1) is 11.9. The molecule has 2 nitrogen and oxygen atoms in total. The van der Waals surface area contributed by atoms with Crippen LogP contribution in [-0.4, -0.2) is 13.1 Å². The molecule has 0 amide bonds. The predicted octanol–water partition coefficient (Wildman–Crippen LogP) is 3.29. The Morgan fingerprint density at radius 3 is 2.47 bits per heavy atom. The van der Waals surface area contributed by atoms with Crippen LogP contribution >= 0.6 is 0 Å². The minimum absolute atomic E-state index is 0.885. The second-order valence-corrected chi connectivity index (χ2v) is 3.85. The van der Waals surface area contributed by atoms with Gasteiger partial charge in [0.1, 0.15) is 0 Å². The van der Waals surface area contributed by atoms with Gasteiger partial charge < -0.3 is 10.6 Å². The smallest absolute Gasteiger partial charge is 0.0599 e. The largest absolute Gasteiger partial charge is 0.397 e. The van der Waals surface area contributed by atoms with Crippen molar-refractivity contribution in [3.63, 3.8) is 0 Å².